The monoisotopic (exact) mass is 327 g/mol. The fourth-order valence-electron chi connectivity index (χ4n) is 1.75. The molecule has 0 unspecified atom stereocenters. The van der Waals surface area contributed by atoms with Crippen molar-refractivity contribution < 1.29 is 9.72 Å². The second kappa shape index (κ2) is 7.81. The molecule has 1 amide bonds. The largest absolute Gasteiger partial charge is 0.332 e. The van der Waals surface area contributed by atoms with Gasteiger partial charge in [0.25, 0.3) is 5.69 Å². The third-order valence-corrected chi connectivity index (χ3v) is 2.98. The molecule has 2 aromatic carbocycles. The number of nitrogens with one attached hydrogen (secondary N) is 2. The van der Waals surface area contributed by atoms with Crippen molar-refractivity contribution in [2.45, 2.75) is 0 Å². The molecule has 2 rings (SSSR count). The first-order valence-corrected chi connectivity index (χ1v) is 7.05. The molecule has 7 heteroatoms. The average molecular weight is 327 g/mol. The maximum atomic E-state index is 11.8. The van der Waals surface area contributed by atoms with E-state index in [1.807, 2.05) is 30.3 Å². The Labute approximate surface area is 138 Å². The number of non-ortho nitro benzene ring substituents is 1. The minimum Gasteiger partial charge on any atom is -0.332 e. The van der Waals surface area contributed by atoms with E-state index >= 15 is 0 Å². The fourth-order valence-corrected chi connectivity index (χ4v) is 1.97. The van der Waals surface area contributed by atoms with E-state index in [2.05, 4.69) is 10.6 Å². The standard InChI is InChI=1S/C16H13N3O3S/c20-15(10-9-12-5-2-1-3-6-12)18-16(23)17-13-7-4-8-14(11-13)19(21)22/h1-11H,(H2,17,18,20,23). The van der Waals surface area contributed by atoms with Crippen LogP contribution in [0.3, 0.4) is 0 Å². The van der Waals surface area contributed by atoms with Crippen LogP contribution in [-0.2, 0) is 4.79 Å². The van der Waals surface area contributed by atoms with Crippen LogP contribution in [0.25, 0.3) is 6.08 Å². The number of carbonyl (C=O) groups excluding carboxylic acids is 1. The molecule has 0 saturated carbocycles. The van der Waals surface area contributed by atoms with Gasteiger partial charge in [0.15, 0.2) is 5.11 Å². The molecule has 2 N–H and O–H groups in total. The minimum absolute atomic E-state index is 0.0619. The number of anilines is 1. The summed E-state index contributed by atoms with van der Waals surface area (Å²) in [6.07, 6.45) is 3.02. The first-order valence-electron chi connectivity index (χ1n) is 6.64. The molecule has 6 nitrogen and oxygen atoms in total. The van der Waals surface area contributed by atoms with Gasteiger partial charge in [-0.3, -0.25) is 20.2 Å². The number of rotatable bonds is 4. The molecule has 0 aliphatic heterocycles. The van der Waals surface area contributed by atoms with E-state index in [9.17, 15) is 14.9 Å². The van der Waals surface area contributed by atoms with Crippen LogP contribution in [0, 0.1) is 10.1 Å². The molecular formula is C16H13N3O3S. The second-order valence-corrected chi connectivity index (χ2v) is 4.90. The first kappa shape index (κ1) is 16.3. The van der Waals surface area contributed by atoms with Crippen molar-refractivity contribution in [3.05, 3.63) is 76.4 Å². The van der Waals surface area contributed by atoms with Gasteiger partial charge in [-0.15, -0.1) is 0 Å². The average Bonchev–Trinajstić information content (AvgIpc) is 2.54. The van der Waals surface area contributed by atoms with Crippen molar-refractivity contribution in [1.82, 2.24) is 5.32 Å². The van der Waals surface area contributed by atoms with Crippen LogP contribution < -0.4 is 10.6 Å². The van der Waals surface area contributed by atoms with Crippen LogP contribution in [0.5, 0.6) is 0 Å². The molecule has 116 valence electrons. The zero-order valence-electron chi connectivity index (χ0n) is 11.9. The zero-order chi connectivity index (χ0) is 16.7. The molecule has 2 aromatic rings. The quantitative estimate of drug-likeness (QED) is 0.390. The van der Waals surface area contributed by atoms with Gasteiger partial charge in [-0.25, -0.2) is 0 Å². The number of benzene rings is 2. The van der Waals surface area contributed by atoms with E-state index in [0.29, 0.717) is 5.69 Å². The molecule has 0 radical (unpaired) electrons. The SMILES string of the molecule is O=C(C=Cc1ccccc1)NC(=S)Nc1cccc([N+](=O)[O-])c1. The van der Waals surface area contributed by atoms with Gasteiger partial charge >= 0.3 is 0 Å². The van der Waals surface area contributed by atoms with Crippen LogP contribution in [-0.4, -0.2) is 15.9 Å². The van der Waals surface area contributed by atoms with Gasteiger partial charge in [0.2, 0.25) is 5.91 Å². The molecule has 0 aromatic heterocycles. The number of thiocarbonyl (C=S) groups is 1. The summed E-state index contributed by atoms with van der Waals surface area (Å²) in [7, 11) is 0. The van der Waals surface area contributed by atoms with E-state index in [1.165, 1.54) is 24.3 Å². The molecule has 0 bridgehead atoms. The summed E-state index contributed by atoms with van der Waals surface area (Å²) in [5.41, 5.74) is 1.25. The predicted octanol–water partition coefficient (Wildman–Crippen LogP) is 3.12. The number of nitrogens with zero attached hydrogens (tertiary/aromatic N) is 1. The highest BCUT2D eigenvalue weighted by Gasteiger charge is 2.07. The Hall–Kier alpha value is -3.06. The highest BCUT2D eigenvalue weighted by molar-refractivity contribution is 7.80. The zero-order valence-corrected chi connectivity index (χ0v) is 12.7. The van der Waals surface area contributed by atoms with E-state index in [1.54, 1.807) is 12.1 Å². The van der Waals surface area contributed by atoms with E-state index in [4.69, 9.17) is 12.2 Å². The number of carbonyl (C=O) groups is 1. The summed E-state index contributed by atoms with van der Waals surface area (Å²) in [5, 5.41) is 16.0. The van der Waals surface area contributed by atoms with Gasteiger partial charge in [-0.2, -0.15) is 0 Å². The Bertz CT molecular complexity index is 760. The maximum absolute atomic E-state index is 11.8. The Morgan fingerprint density at radius 1 is 1.13 bits per heavy atom. The number of hydrogen-bond donors (Lipinski definition) is 2. The highest BCUT2D eigenvalue weighted by Crippen LogP contribution is 2.16. The molecule has 0 fully saturated rings. The van der Waals surface area contributed by atoms with Crippen LogP contribution in [0.15, 0.2) is 60.7 Å². The molecule has 0 aliphatic carbocycles. The van der Waals surface area contributed by atoms with Crippen molar-refractivity contribution in [3.8, 4) is 0 Å². The van der Waals surface area contributed by atoms with Crippen molar-refractivity contribution in [2.24, 2.45) is 0 Å². The number of hydrogen-bond acceptors (Lipinski definition) is 4. The van der Waals surface area contributed by atoms with Gasteiger partial charge < -0.3 is 5.32 Å². The van der Waals surface area contributed by atoms with Gasteiger partial charge in [-0.1, -0.05) is 36.4 Å². The third kappa shape index (κ3) is 5.33. The molecule has 23 heavy (non-hydrogen) atoms. The summed E-state index contributed by atoms with van der Waals surface area (Å²) in [4.78, 5) is 22.0. The molecule has 0 atom stereocenters. The molecule has 0 spiro atoms. The Morgan fingerprint density at radius 3 is 2.57 bits per heavy atom. The van der Waals surface area contributed by atoms with Crippen molar-refractivity contribution >= 4 is 40.7 Å². The normalized spacial score (nSPS) is 10.3. The lowest BCUT2D eigenvalue weighted by atomic mass is 10.2. The Morgan fingerprint density at radius 2 is 1.87 bits per heavy atom. The van der Waals surface area contributed by atoms with Crippen LogP contribution in [0.2, 0.25) is 0 Å². The van der Waals surface area contributed by atoms with E-state index in [0.717, 1.165) is 5.56 Å². The summed E-state index contributed by atoms with van der Waals surface area (Å²) in [6.45, 7) is 0. The smallest absolute Gasteiger partial charge is 0.271 e. The van der Waals surface area contributed by atoms with E-state index in [-0.39, 0.29) is 10.8 Å². The summed E-state index contributed by atoms with van der Waals surface area (Å²) >= 11 is 5.01. The first-order chi connectivity index (χ1) is 11.0. The highest BCUT2D eigenvalue weighted by atomic mass is 32.1. The third-order valence-electron chi connectivity index (χ3n) is 2.78. The van der Waals surface area contributed by atoms with Crippen LogP contribution >= 0.6 is 12.2 Å². The number of nitro benzene ring substituents is 1. The summed E-state index contributed by atoms with van der Waals surface area (Å²) in [5.74, 6) is -0.392. The number of amides is 1. The lowest BCUT2D eigenvalue weighted by Crippen LogP contribution is -2.32. The van der Waals surface area contributed by atoms with Crippen molar-refractivity contribution in [3.63, 3.8) is 0 Å². The molecular weight excluding hydrogens is 314 g/mol. The maximum Gasteiger partial charge on any atom is 0.271 e. The predicted molar refractivity (Wildman–Crippen MR) is 92.9 cm³/mol. The van der Waals surface area contributed by atoms with Crippen molar-refractivity contribution in [2.75, 3.05) is 5.32 Å². The Balaban J connectivity index is 1.92. The van der Waals surface area contributed by atoms with Gasteiger partial charge in [0.05, 0.1) is 4.92 Å². The number of nitro groups is 1. The lowest BCUT2D eigenvalue weighted by Gasteiger charge is -2.07. The second-order valence-electron chi connectivity index (χ2n) is 4.49. The minimum atomic E-state index is -0.505. The topological polar surface area (TPSA) is 84.3 Å². The van der Waals surface area contributed by atoms with Gasteiger partial charge in [0, 0.05) is 23.9 Å². The summed E-state index contributed by atoms with van der Waals surface area (Å²) in [6, 6.07) is 15.2. The van der Waals surface area contributed by atoms with Gasteiger partial charge in [-0.05, 0) is 29.9 Å². The molecule has 0 aliphatic rings. The van der Waals surface area contributed by atoms with Crippen LogP contribution in [0.4, 0.5) is 11.4 Å². The molecule has 0 heterocycles. The summed E-state index contributed by atoms with van der Waals surface area (Å²) < 4.78 is 0. The van der Waals surface area contributed by atoms with Crippen molar-refractivity contribution in [1.29, 1.82) is 0 Å². The fraction of sp³-hybridized carbons (Fsp3) is 0. The van der Waals surface area contributed by atoms with E-state index < -0.39 is 10.8 Å². The molecule has 0 saturated heterocycles. The van der Waals surface area contributed by atoms with Gasteiger partial charge in [0.1, 0.15) is 0 Å². The van der Waals surface area contributed by atoms with Crippen LogP contribution in [0.1, 0.15) is 5.56 Å². The Kier molecular flexibility index (Phi) is 5.54. The lowest BCUT2D eigenvalue weighted by molar-refractivity contribution is -0.384.